The molecule has 2 atom stereocenters. The Kier molecular flexibility index (Phi) is 3.03. The van der Waals surface area contributed by atoms with Crippen molar-refractivity contribution in [3.8, 4) is 5.75 Å². The highest BCUT2D eigenvalue weighted by Crippen LogP contribution is 2.34. The van der Waals surface area contributed by atoms with Crippen LogP contribution in [-0.2, 0) is 9.59 Å². The number of alkyl halides is 3. The summed E-state index contributed by atoms with van der Waals surface area (Å²) in [6.45, 7) is 0.607. The lowest BCUT2D eigenvalue weighted by atomic mass is 10.00. The normalized spacial score (nSPS) is 25.0. The molecule has 0 aliphatic carbocycles. The van der Waals surface area contributed by atoms with Gasteiger partial charge in [-0.3, -0.25) is 14.9 Å². The molecule has 0 bridgehead atoms. The molecule has 2 aliphatic rings. The molecule has 1 N–H and O–H groups in total. The topological polar surface area (TPSA) is 58.6 Å². The van der Waals surface area contributed by atoms with Crippen molar-refractivity contribution in [2.75, 3.05) is 18.0 Å². The molecule has 0 unspecified atom stereocenters. The summed E-state index contributed by atoms with van der Waals surface area (Å²) in [7, 11) is 0. The minimum absolute atomic E-state index is 0.303. The van der Waals surface area contributed by atoms with Gasteiger partial charge in [0.2, 0.25) is 11.8 Å². The Bertz CT molecular complexity index is 581. The zero-order chi connectivity index (χ0) is 15.2. The van der Waals surface area contributed by atoms with E-state index in [-0.39, 0.29) is 17.6 Å². The molecule has 1 aromatic rings. The van der Waals surface area contributed by atoms with Gasteiger partial charge in [0.05, 0.1) is 11.8 Å². The lowest BCUT2D eigenvalue weighted by Gasteiger charge is -2.20. The second kappa shape index (κ2) is 4.64. The Balaban J connectivity index is 1.78. The largest absolute Gasteiger partial charge is 0.573 e. The van der Waals surface area contributed by atoms with E-state index in [0.717, 1.165) is 0 Å². The van der Waals surface area contributed by atoms with Crippen LogP contribution in [0.5, 0.6) is 5.75 Å². The van der Waals surface area contributed by atoms with Crippen LogP contribution in [0.25, 0.3) is 0 Å². The molecule has 21 heavy (non-hydrogen) atoms. The number of imide groups is 1. The van der Waals surface area contributed by atoms with Crippen molar-refractivity contribution < 1.29 is 27.5 Å². The van der Waals surface area contributed by atoms with Gasteiger partial charge in [0.25, 0.3) is 0 Å². The highest BCUT2D eigenvalue weighted by Gasteiger charge is 2.47. The average Bonchev–Trinajstić information content (AvgIpc) is 2.91. The van der Waals surface area contributed by atoms with E-state index in [9.17, 15) is 22.8 Å². The predicted octanol–water partition coefficient (Wildman–Crippen LogP) is 1.29. The number of carbonyl (C=O) groups is 2. The van der Waals surface area contributed by atoms with Gasteiger partial charge in [0, 0.05) is 24.8 Å². The molecule has 8 heteroatoms. The summed E-state index contributed by atoms with van der Waals surface area (Å²) >= 11 is 0. The van der Waals surface area contributed by atoms with E-state index in [1.54, 1.807) is 11.0 Å². The molecule has 0 saturated carbocycles. The maximum absolute atomic E-state index is 12.2. The number of amides is 2. The first kappa shape index (κ1) is 13.7. The number of nitrogens with one attached hydrogen (secondary N) is 1. The molecule has 2 saturated heterocycles. The Morgan fingerprint density at radius 3 is 2.33 bits per heavy atom. The third-order valence-electron chi connectivity index (χ3n) is 3.66. The minimum atomic E-state index is -4.75. The molecule has 2 aliphatic heterocycles. The molecule has 1 aromatic carbocycles. The van der Waals surface area contributed by atoms with Gasteiger partial charge in [0.15, 0.2) is 0 Å². The Hall–Kier alpha value is -2.25. The van der Waals surface area contributed by atoms with E-state index in [1.807, 2.05) is 0 Å². The second-order valence-corrected chi connectivity index (χ2v) is 5.02. The SMILES string of the molecule is O=C1NC(=O)[C@@H]2CN(c3cccc(OC(F)(F)F)c3)C[C@H]12. The van der Waals surface area contributed by atoms with Gasteiger partial charge in [-0.15, -0.1) is 13.2 Å². The van der Waals surface area contributed by atoms with E-state index in [1.165, 1.54) is 18.2 Å². The quantitative estimate of drug-likeness (QED) is 0.836. The standard InChI is InChI=1S/C13H11F3N2O3/c14-13(15,16)21-8-3-1-2-7(4-8)18-5-9-10(6-18)12(20)17-11(9)19/h1-4,9-10H,5-6H2,(H,17,19,20)/t9-,10+. The number of anilines is 1. The summed E-state index contributed by atoms with van der Waals surface area (Å²) in [5.41, 5.74) is 0.492. The van der Waals surface area contributed by atoms with E-state index >= 15 is 0 Å². The van der Waals surface area contributed by atoms with Gasteiger partial charge in [0.1, 0.15) is 5.75 Å². The number of ether oxygens (including phenoxy) is 1. The highest BCUT2D eigenvalue weighted by atomic mass is 19.4. The fourth-order valence-electron chi connectivity index (χ4n) is 2.73. The number of hydrogen-bond donors (Lipinski definition) is 1. The molecular weight excluding hydrogens is 289 g/mol. The maximum atomic E-state index is 12.2. The fourth-order valence-corrected chi connectivity index (χ4v) is 2.73. The van der Waals surface area contributed by atoms with Gasteiger partial charge < -0.3 is 9.64 Å². The van der Waals surface area contributed by atoms with E-state index in [2.05, 4.69) is 10.1 Å². The third kappa shape index (κ3) is 2.65. The van der Waals surface area contributed by atoms with E-state index in [4.69, 9.17) is 0 Å². The van der Waals surface area contributed by atoms with Crippen LogP contribution in [0.3, 0.4) is 0 Å². The van der Waals surface area contributed by atoms with Crippen molar-refractivity contribution >= 4 is 17.5 Å². The highest BCUT2D eigenvalue weighted by molar-refractivity contribution is 6.06. The molecule has 0 aromatic heterocycles. The molecule has 2 amide bonds. The lowest BCUT2D eigenvalue weighted by molar-refractivity contribution is -0.274. The number of nitrogens with zero attached hydrogens (tertiary/aromatic N) is 1. The molecule has 5 nitrogen and oxygen atoms in total. The lowest BCUT2D eigenvalue weighted by Crippen LogP contribution is -2.31. The number of benzene rings is 1. The summed E-state index contributed by atoms with van der Waals surface area (Å²) in [6, 6.07) is 5.50. The van der Waals surface area contributed by atoms with Crippen LogP contribution < -0.4 is 15.0 Å². The smallest absolute Gasteiger partial charge is 0.406 e. The first-order valence-electron chi connectivity index (χ1n) is 6.29. The van der Waals surface area contributed by atoms with Gasteiger partial charge in [-0.1, -0.05) is 6.07 Å². The van der Waals surface area contributed by atoms with Crippen molar-refractivity contribution in [2.24, 2.45) is 11.8 Å². The van der Waals surface area contributed by atoms with Gasteiger partial charge >= 0.3 is 6.36 Å². The van der Waals surface area contributed by atoms with Crippen LogP contribution in [-0.4, -0.2) is 31.3 Å². The van der Waals surface area contributed by atoms with Crippen molar-refractivity contribution in [3.63, 3.8) is 0 Å². The van der Waals surface area contributed by atoms with Crippen molar-refractivity contribution in [1.29, 1.82) is 0 Å². The van der Waals surface area contributed by atoms with Crippen molar-refractivity contribution in [3.05, 3.63) is 24.3 Å². The van der Waals surface area contributed by atoms with Crippen LogP contribution in [0.1, 0.15) is 0 Å². The monoisotopic (exact) mass is 300 g/mol. The Labute approximate surface area is 117 Å². The zero-order valence-corrected chi connectivity index (χ0v) is 10.7. The van der Waals surface area contributed by atoms with E-state index < -0.39 is 18.2 Å². The van der Waals surface area contributed by atoms with Gasteiger partial charge in [-0.25, -0.2) is 0 Å². The maximum Gasteiger partial charge on any atom is 0.573 e. The summed E-state index contributed by atoms with van der Waals surface area (Å²) in [6.07, 6.45) is -4.75. The number of carbonyl (C=O) groups excluding carboxylic acids is 2. The molecule has 2 fully saturated rings. The van der Waals surface area contributed by atoms with Gasteiger partial charge in [-0.05, 0) is 12.1 Å². The Morgan fingerprint density at radius 1 is 1.14 bits per heavy atom. The van der Waals surface area contributed by atoms with Gasteiger partial charge in [-0.2, -0.15) is 0 Å². The van der Waals surface area contributed by atoms with E-state index in [0.29, 0.717) is 18.8 Å². The molecule has 3 rings (SSSR count). The number of rotatable bonds is 2. The van der Waals surface area contributed by atoms with Crippen LogP contribution >= 0.6 is 0 Å². The minimum Gasteiger partial charge on any atom is -0.406 e. The molecule has 2 heterocycles. The first-order chi connectivity index (χ1) is 9.83. The Morgan fingerprint density at radius 2 is 1.76 bits per heavy atom. The van der Waals surface area contributed by atoms with Crippen LogP contribution in [0, 0.1) is 11.8 Å². The average molecular weight is 300 g/mol. The van der Waals surface area contributed by atoms with Crippen molar-refractivity contribution in [1.82, 2.24) is 5.32 Å². The fraction of sp³-hybridized carbons (Fsp3) is 0.385. The third-order valence-corrected chi connectivity index (χ3v) is 3.66. The van der Waals surface area contributed by atoms with Crippen molar-refractivity contribution in [2.45, 2.75) is 6.36 Å². The molecule has 0 radical (unpaired) electrons. The number of hydrogen-bond acceptors (Lipinski definition) is 4. The molecular formula is C13H11F3N2O3. The molecule has 112 valence electrons. The summed E-state index contributed by atoms with van der Waals surface area (Å²) in [4.78, 5) is 24.8. The van der Waals surface area contributed by atoms with Crippen LogP contribution in [0.2, 0.25) is 0 Å². The van der Waals surface area contributed by atoms with Crippen LogP contribution in [0.15, 0.2) is 24.3 Å². The predicted molar refractivity (Wildman–Crippen MR) is 65.5 cm³/mol. The number of halogens is 3. The first-order valence-corrected chi connectivity index (χ1v) is 6.29. The summed E-state index contributed by atoms with van der Waals surface area (Å²) in [5.74, 6) is -1.85. The summed E-state index contributed by atoms with van der Waals surface area (Å²) in [5, 5.41) is 2.26. The van der Waals surface area contributed by atoms with Crippen LogP contribution in [0.4, 0.5) is 18.9 Å². The molecule has 0 spiro atoms. The number of fused-ring (bicyclic) bond motifs is 1. The zero-order valence-electron chi connectivity index (χ0n) is 10.7. The second-order valence-electron chi connectivity index (χ2n) is 5.02. The summed E-state index contributed by atoms with van der Waals surface area (Å²) < 4.78 is 40.5.